The van der Waals surface area contributed by atoms with Crippen LogP contribution < -0.4 is 13.8 Å². The summed E-state index contributed by atoms with van der Waals surface area (Å²) in [4.78, 5) is 1.81. The molecule has 0 N–H and O–H groups in total. The monoisotopic (exact) mass is 420 g/mol. The van der Waals surface area contributed by atoms with Gasteiger partial charge in [-0.3, -0.25) is 4.31 Å². The molecule has 0 spiro atoms. The van der Waals surface area contributed by atoms with E-state index < -0.39 is 20.7 Å². The van der Waals surface area contributed by atoms with Gasteiger partial charge in [-0.25, -0.2) is 12.8 Å². The number of hydrogen-bond donors (Lipinski definition) is 0. The quantitative estimate of drug-likeness (QED) is 0.761. The lowest BCUT2D eigenvalue weighted by atomic mass is 9.89. The van der Waals surface area contributed by atoms with Crippen molar-refractivity contribution in [3.05, 3.63) is 47.3 Å². The third kappa shape index (κ3) is 3.14. The van der Waals surface area contributed by atoms with Crippen molar-refractivity contribution in [3.63, 3.8) is 0 Å². The highest BCUT2D eigenvalue weighted by Crippen LogP contribution is 2.48. The van der Waals surface area contributed by atoms with E-state index in [9.17, 15) is 12.8 Å². The number of anilines is 1. The molecular formula is C21H25FN2O4S. The Morgan fingerprint density at radius 2 is 1.79 bits per heavy atom. The summed E-state index contributed by atoms with van der Waals surface area (Å²) in [5.74, 6) is -0.469. The van der Waals surface area contributed by atoms with Gasteiger partial charge in [0.1, 0.15) is 10.7 Å². The molecule has 0 amide bonds. The molecule has 4 rings (SSSR count). The number of aryl methyl sites for hydroxylation is 1. The Balaban J connectivity index is 1.87. The van der Waals surface area contributed by atoms with Crippen molar-refractivity contribution >= 4 is 15.7 Å². The van der Waals surface area contributed by atoms with E-state index in [2.05, 4.69) is 4.90 Å². The van der Waals surface area contributed by atoms with E-state index in [1.54, 1.807) is 0 Å². The van der Waals surface area contributed by atoms with E-state index in [4.69, 9.17) is 9.47 Å². The van der Waals surface area contributed by atoms with Gasteiger partial charge in [0, 0.05) is 24.6 Å². The first-order chi connectivity index (χ1) is 13.8. The van der Waals surface area contributed by atoms with Crippen LogP contribution in [-0.4, -0.2) is 53.7 Å². The molecule has 0 unspecified atom stereocenters. The van der Waals surface area contributed by atoms with Gasteiger partial charge >= 0.3 is 0 Å². The van der Waals surface area contributed by atoms with Crippen LogP contribution >= 0.6 is 0 Å². The number of fused-ring (bicyclic) bond motifs is 3. The fourth-order valence-corrected chi connectivity index (χ4v) is 6.29. The molecule has 2 aliphatic rings. The molecule has 0 saturated carbocycles. The zero-order valence-electron chi connectivity index (χ0n) is 17.0. The predicted molar refractivity (Wildman–Crippen MR) is 109 cm³/mol. The summed E-state index contributed by atoms with van der Waals surface area (Å²) in [6, 6.07) is 7.81. The van der Waals surface area contributed by atoms with Crippen LogP contribution in [0.25, 0.3) is 0 Å². The highest BCUT2D eigenvalue weighted by atomic mass is 32.2. The topological polar surface area (TPSA) is 59.1 Å². The molecule has 29 heavy (non-hydrogen) atoms. The normalized spacial score (nSPS) is 21.6. The standard InChI is InChI=1S/C21H25FN2O4S/c1-13-5-6-17-14(9-13)15-12-23(2)8-7-18(15)24(17)29(25,26)21-11-20(28-4)19(27-3)10-16(21)22/h5-6,9-11,15,18H,7-8,12H2,1-4H3/t15-,18-/m1/s1. The van der Waals surface area contributed by atoms with E-state index in [1.807, 2.05) is 32.2 Å². The SMILES string of the molecule is COc1cc(F)c(S(=O)(=O)N2c3ccc(C)cc3[C@H]3CN(C)CC[C@H]32)cc1OC. The van der Waals surface area contributed by atoms with Crippen LogP contribution in [0.1, 0.15) is 23.5 Å². The van der Waals surface area contributed by atoms with Crippen LogP contribution in [0.3, 0.4) is 0 Å². The van der Waals surface area contributed by atoms with E-state index in [1.165, 1.54) is 24.6 Å². The van der Waals surface area contributed by atoms with Gasteiger partial charge in [-0.2, -0.15) is 0 Å². The molecule has 0 bridgehead atoms. The highest BCUT2D eigenvalue weighted by Gasteiger charge is 2.47. The summed E-state index contributed by atoms with van der Waals surface area (Å²) < 4.78 is 54.0. The summed E-state index contributed by atoms with van der Waals surface area (Å²) in [5.41, 5.74) is 2.72. The van der Waals surface area contributed by atoms with Crippen molar-refractivity contribution in [2.24, 2.45) is 0 Å². The summed E-state index contributed by atoms with van der Waals surface area (Å²) in [5, 5.41) is 0. The van der Waals surface area contributed by atoms with Gasteiger partial charge in [0.05, 0.1) is 25.9 Å². The van der Waals surface area contributed by atoms with Gasteiger partial charge < -0.3 is 14.4 Å². The summed E-state index contributed by atoms with van der Waals surface area (Å²) in [6.07, 6.45) is 0.684. The molecule has 2 aromatic rings. The van der Waals surface area contributed by atoms with E-state index in [0.29, 0.717) is 12.1 Å². The van der Waals surface area contributed by atoms with Crippen LogP contribution in [0.15, 0.2) is 35.2 Å². The number of sulfonamides is 1. The number of likely N-dealkylation sites (N-methyl/N-ethyl adjacent to an activating group) is 1. The molecular weight excluding hydrogens is 395 g/mol. The predicted octanol–water partition coefficient (Wildman–Crippen LogP) is 3.15. The maximum absolute atomic E-state index is 14.9. The molecule has 2 aliphatic heterocycles. The van der Waals surface area contributed by atoms with Crippen LogP contribution in [-0.2, 0) is 10.0 Å². The largest absolute Gasteiger partial charge is 0.493 e. The zero-order chi connectivity index (χ0) is 20.9. The molecule has 0 aromatic heterocycles. The average Bonchev–Trinajstić information content (AvgIpc) is 3.01. The van der Waals surface area contributed by atoms with E-state index in [-0.39, 0.29) is 23.5 Å². The van der Waals surface area contributed by atoms with Gasteiger partial charge in [0.25, 0.3) is 10.0 Å². The second-order valence-corrected chi connectivity index (χ2v) is 9.51. The van der Waals surface area contributed by atoms with Gasteiger partial charge in [0.2, 0.25) is 0 Å². The minimum absolute atomic E-state index is 0.0571. The van der Waals surface area contributed by atoms with Crippen LogP contribution in [0.2, 0.25) is 0 Å². The molecule has 6 nitrogen and oxygen atoms in total. The van der Waals surface area contributed by atoms with Crippen LogP contribution in [0, 0.1) is 12.7 Å². The zero-order valence-corrected chi connectivity index (χ0v) is 17.8. The molecule has 2 heterocycles. The van der Waals surface area contributed by atoms with Crippen LogP contribution in [0.5, 0.6) is 11.5 Å². The van der Waals surface area contributed by atoms with Crippen molar-refractivity contribution in [2.45, 2.75) is 30.2 Å². The first-order valence-corrected chi connectivity index (χ1v) is 11.0. The number of nitrogens with zero attached hydrogens (tertiary/aromatic N) is 2. The van der Waals surface area contributed by atoms with Crippen molar-refractivity contribution < 1.29 is 22.3 Å². The van der Waals surface area contributed by atoms with Gasteiger partial charge in [-0.05, 0) is 38.6 Å². The Morgan fingerprint density at radius 3 is 2.48 bits per heavy atom. The number of piperidine rings is 1. The molecule has 0 radical (unpaired) electrons. The Morgan fingerprint density at radius 1 is 1.10 bits per heavy atom. The van der Waals surface area contributed by atoms with E-state index >= 15 is 0 Å². The number of hydrogen-bond acceptors (Lipinski definition) is 5. The summed E-state index contributed by atoms with van der Waals surface area (Å²) in [6.45, 7) is 3.54. The number of likely N-dealkylation sites (tertiary alicyclic amines) is 1. The van der Waals surface area contributed by atoms with Crippen LogP contribution in [0.4, 0.5) is 10.1 Å². The first-order valence-electron chi connectivity index (χ1n) is 9.53. The number of halogens is 1. The lowest BCUT2D eigenvalue weighted by molar-refractivity contribution is 0.237. The van der Waals surface area contributed by atoms with Gasteiger partial charge in [-0.15, -0.1) is 0 Å². The maximum Gasteiger partial charge on any atom is 0.267 e. The lowest BCUT2D eigenvalue weighted by Gasteiger charge is -2.36. The second-order valence-electron chi connectivity index (χ2n) is 7.73. The van der Waals surface area contributed by atoms with Crippen molar-refractivity contribution in [3.8, 4) is 11.5 Å². The highest BCUT2D eigenvalue weighted by molar-refractivity contribution is 7.93. The molecule has 0 aliphatic carbocycles. The Bertz CT molecular complexity index is 1060. The molecule has 1 fully saturated rings. The summed E-state index contributed by atoms with van der Waals surface area (Å²) >= 11 is 0. The summed E-state index contributed by atoms with van der Waals surface area (Å²) in [7, 11) is 0.680. The van der Waals surface area contributed by atoms with E-state index in [0.717, 1.165) is 30.3 Å². The molecule has 2 atom stereocenters. The van der Waals surface area contributed by atoms with Crippen molar-refractivity contribution in [2.75, 3.05) is 38.7 Å². The molecule has 2 aromatic carbocycles. The Hall–Kier alpha value is -2.32. The molecule has 156 valence electrons. The lowest BCUT2D eigenvalue weighted by Crippen LogP contribution is -2.47. The van der Waals surface area contributed by atoms with Gasteiger partial charge in [0.15, 0.2) is 11.5 Å². The fraction of sp³-hybridized carbons (Fsp3) is 0.429. The number of methoxy groups -OCH3 is 2. The number of ether oxygens (including phenoxy) is 2. The second kappa shape index (κ2) is 7.18. The Kier molecular flexibility index (Phi) is 4.94. The number of rotatable bonds is 4. The third-order valence-corrected chi connectivity index (χ3v) is 7.73. The minimum Gasteiger partial charge on any atom is -0.493 e. The smallest absolute Gasteiger partial charge is 0.267 e. The number of benzene rings is 2. The maximum atomic E-state index is 14.9. The first kappa shape index (κ1) is 20.0. The fourth-order valence-electron chi connectivity index (χ4n) is 4.49. The molecule has 8 heteroatoms. The van der Waals surface area contributed by atoms with Gasteiger partial charge in [-0.1, -0.05) is 17.7 Å². The average molecular weight is 421 g/mol. The third-order valence-electron chi connectivity index (χ3n) is 5.88. The molecule has 1 saturated heterocycles. The Labute approximate surface area is 170 Å². The van der Waals surface area contributed by atoms with Crippen molar-refractivity contribution in [1.29, 1.82) is 0 Å². The van der Waals surface area contributed by atoms with Crippen molar-refractivity contribution in [1.82, 2.24) is 4.90 Å². The minimum atomic E-state index is -4.14.